The molecule has 1 fully saturated rings. The summed E-state index contributed by atoms with van der Waals surface area (Å²) >= 11 is 5.88. The van der Waals surface area contributed by atoms with Gasteiger partial charge in [-0.25, -0.2) is 8.42 Å². The third-order valence-corrected chi connectivity index (χ3v) is 6.87. The van der Waals surface area contributed by atoms with Crippen LogP contribution in [0.25, 0.3) is 0 Å². The molecule has 2 aromatic carbocycles. The normalized spacial score (nSPS) is 14.8. The van der Waals surface area contributed by atoms with E-state index in [4.69, 9.17) is 25.8 Å². The lowest BCUT2D eigenvalue weighted by Crippen LogP contribution is -2.43. The molecule has 8 nitrogen and oxygen atoms in total. The first-order valence-corrected chi connectivity index (χ1v) is 11.8. The predicted octanol–water partition coefficient (Wildman–Crippen LogP) is 2.32. The minimum absolute atomic E-state index is 0.00958. The van der Waals surface area contributed by atoms with E-state index in [-0.39, 0.29) is 18.2 Å². The summed E-state index contributed by atoms with van der Waals surface area (Å²) in [7, 11) is -1.94. The number of methoxy groups -OCH3 is 1. The van der Waals surface area contributed by atoms with Crippen molar-refractivity contribution in [1.82, 2.24) is 9.62 Å². The summed E-state index contributed by atoms with van der Waals surface area (Å²) in [6.07, 6.45) is 0. The zero-order chi connectivity index (χ0) is 22.3. The molecule has 1 heterocycles. The Hall–Kier alpha value is -2.33. The smallest absolute Gasteiger partial charge is 0.251 e. The molecule has 3 rings (SSSR count). The number of nitrogens with one attached hydrogen (secondary N) is 1. The first kappa shape index (κ1) is 23.3. The zero-order valence-corrected chi connectivity index (χ0v) is 18.7. The van der Waals surface area contributed by atoms with Gasteiger partial charge in [0.15, 0.2) is 11.5 Å². The van der Waals surface area contributed by atoms with Gasteiger partial charge in [-0.15, -0.1) is 0 Å². The molecule has 0 aliphatic carbocycles. The second kappa shape index (κ2) is 10.8. The summed E-state index contributed by atoms with van der Waals surface area (Å²) in [6.45, 7) is 1.78. The van der Waals surface area contributed by atoms with Crippen LogP contribution in [0.3, 0.4) is 0 Å². The molecular weight excluding hydrogens is 444 g/mol. The SMILES string of the molecule is COc1cc(C(=O)NCCS(=O)(=O)N2CCOCC2)ccc1OCc1ccc(Cl)cc1. The van der Waals surface area contributed by atoms with Gasteiger partial charge in [0.1, 0.15) is 6.61 Å². The topological polar surface area (TPSA) is 94.2 Å². The summed E-state index contributed by atoms with van der Waals surface area (Å²) in [4.78, 5) is 12.4. The van der Waals surface area contributed by atoms with Crippen molar-refractivity contribution in [3.05, 3.63) is 58.6 Å². The molecule has 0 aromatic heterocycles. The Bertz CT molecular complexity index is 991. The highest BCUT2D eigenvalue weighted by atomic mass is 35.5. The van der Waals surface area contributed by atoms with Crippen LogP contribution in [0.5, 0.6) is 11.5 Å². The zero-order valence-electron chi connectivity index (χ0n) is 17.2. The maximum atomic E-state index is 12.4. The van der Waals surface area contributed by atoms with Crippen molar-refractivity contribution in [3.8, 4) is 11.5 Å². The molecule has 168 valence electrons. The highest BCUT2D eigenvalue weighted by Crippen LogP contribution is 2.29. The molecule has 0 saturated carbocycles. The number of benzene rings is 2. The lowest BCUT2D eigenvalue weighted by Gasteiger charge is -2.26. The predicted molar refractivity (Wildman–Crippen MR) is 117 cm³/mol. The Balaban J connectivity index is 1.55. The molecule has 2 aromatic rings. The van der Waals surface area contributed by atoms with Crippen LogP contribution >= 0.6 is 11.6 Å². The third-order valence-electron chi connectivity index (χ3n) is 4.74. The van der Waals surface area contributed by atoms with E-state index >= 15 is 0 Å². The van der Waals surface area contributed by atoms with E-state index in [1.807, 2.05) is 12.1 Å². The van der Waals surface area contributed by atoms with E-state index in [0.29, 0.717) is 55.0 Å². The molecule has 0 unspecified atom stereocenters. The standard InChI is InChI=1S/C21H25ClN2O6S/c1-28-20-14-17(4-7-19(20)30-15-16-2-5-18(22)6-3-16)21(25)23-8-13-31(26,27)24-9-11-29-12-10-24/h2-7,14H,8-13,15H2,1H3,(H,23,25). The number of ether oxygens (including phenoxy) is 3. The molecule has 1 aliphatic rings. The van der Waals surface area contributed by atoms with E-state index < -0.39 is 10.0 Å². The van der Waals surface area contributed by atoms with E-state index in [1.165, 1.54) is 11.4 Å². The number of hydrogen-bond donors (Lipinski definition) is 1. The summed E-state index contributed by atoms with van der Waals surface area (Å²) in [5.41, 5.74) is 1.29. The quantitative estimate of drug-likeness (QED) is 0.607. The lowest BCUT2D eigenvalue weighted by atomic mass is 10.2. The first-order valence-electron chi connectivity index (χ1n) is 9.78. The van der Waals surface area contributed by atoms with Gasteiger partial charge in [-0.1, -0.05) is 23.7 Å². The highest BCUT2D eigenvalue weighted by Gasteiger charge is 2.24. The average Bonchev–Trinajstić information content (AvgIpc) is 2.79. The van der Waals surface area contributed by atoms with Crippen LogP contribution in [-0.4, -0.2) is 64.3 Å². The highest BCUT2D eigenvalue weighted by molar-refractivity contribution is 7.89. The number of amides is 1. The number of carbonyl (C=O) groups is 1. The summed E-state index contributed by atoms with van der Waals surface area (Å²) < 4.78 is 42.3. The summed E-state index contributed by atoms with van der Waals surface area (Å²) in [6, 6.07) is 12.1. The Kier molecular flexibility index (Phi) is 8.14. The molecule has 1 amide bonds. The molecule has 1 saturated heterocycles. The number of hydrogen-bond acceptors (Lipinski definition) is 6. The van der Waals surface area contributed by atoms with E-state index in [2.05, 4.69) is 5.32 Å². The summed E-state index contributed by atoms with van der Waals surface area (Å²) in [5.74, 6) is 0.337. The maximum absolute atomic E-state index is 12.4. The van der Waals surface area contributed by atoms with Crippen molar-refractivity contribution in [2.24, 2.45) is 0 Å². The van der Waals surface area contributed by atoms with Crippen molar-refractivity contribution in [2.75, 3.05) is 45.7 Å². The number of halogens is 1. The van der Waals surface area contributed by atoms with Crippen LogP contribution in [0.15, 0.2) is 42.5 Å². The number of rotatable bonds is 9. The molecule has 10 heteroatoms. The number of nitrogens with zero attached hydrogens (tertiary/aromatic N) is 1. The molecular formula is C21H25ClN2O6S. The Morgan fingerprint density at radius 2 is 1.84 bits per heavy atom. The average molecular weight is 469 g/mol. The Labute approximate surface area is 187 Å². The number of morpholine rings is 1. The minimum atomic E-state index is -3.43. The molecule has 0 atom stereocenters. The van der Waals surface area contributed by atoms with Crippen LogP contribution in [0.2, 0.25) is 5.02 Å². The van der Waals surface area contributed by atoms with E-state index in [0.717, 1.165) is 5.56 Å². The van der Waals surface area contributed by atoms with Gasteiger partial charge in [0.25, 0.3) is 5.91 Å². The van der Waals surface area contributed by atoms with E-state index in [9.17, 15) is 13.2 Å². The monoisotopic (exact) mass is 468 g/mol. The number of carbonyl (C=O) groups excluding carboxylic acids is 1. The lowest BCUT2D eigenvalue weighted by molar-refractivity contribution is 0.0730. The maximum Gasteiger partial charge on any atom is 0.251 e. The molecule has 0 radical (unpaired) electrons. The van der Waals surface area contributed by atoms with Gasteiger partial charge >= 0.3 is 0 Å². The third kappa shape index (κ3) is 6.57. The van der Waals surface area contributed by atoms with Crippen LogP contribution in [-0.2, 0) is 21.4 Å². The van der Waals surface area contributed by atoms with Gasteiger partial charge in [0, 0.05) is 30.2 Å². The molecule has 1 N–H and O–H groups in total. The van der Waals surface area contributed by atoms with Gasteiger partial charge in [-0.3, -0.25) is 4.79 Å². The van der Waals surface area contributed by atoms with Crippen molar-refractivity contribution in [2.45, 2.75) is 6.61 Å². The van der Waals surface area contributed by atoms with E-state index in [1.54, 1.807) is 30.3 Å². The van der Waals surface area contributed by atoms with Crippen LogP contribution in [0, 0.1) is 0 Å². The van der Waals surface area contributed by atoms with Crippen molar-refractivity contribution in [1.29, 1.82) is 0 Å². The minimum Gasteiger partial charge on any atom is -0.493 e. The Morgan fingerprint density at radius 3 is 2.52 bits per heavy atom. The van der Waals surface area contributed by atoms with Crippen molar-refractivity contribution < 1.29 is 27.4 Å². The van der Waals surface area contributed by atoms with Crippen LogP contribution < -0.4 is 14.8 Å². The second-order valence-corrected chi connectivity index (χ2v) is 9.39. The van der Waals surface area contributed by atoms with Gasteiger partial charge in [-0.05, 0) is 35.9 Å². The fraction of sp³-hybridized carbons (Fsp3) is 0.381. The fourth-order valence-electron chi connectivity index (χ4n) is 3.02. The molecule has 0 bridgehead atoms. The largest absolute Gasteiger partial charge is 0.493 e. The first-order chi connectivity index (χ1) is 14.9. The van der Waals surface area contributed by atoms with Gasteiger partial charge in [-0.2, -0.15) is 4.31 Å². The van der Waals surface area contributed by atoms with Gasteiger partial charge < -0.3 is 19.5 Å². The molecule has 0 spiro atoms. The van der Waals surface area contributed by atoms with Gasteiger partial charge in [0.2, 0.25) is 10.0 Å². The Morgan fingerprint density at radius 1 is 1.13 bits per heavy atom. The molecule has 1 aliphatic heterocycles. The van der Waals surface area contributed by atoms with Gasteiger partial charge in [0.05, 0.1) is 26.1 Å². The second-order valence-electron chi connectivity index (χ2n) is 6.86. The summed E-state index contributed by atoms with van der Waals surface area (Å²) in [5, 5.41) is 3.29. The number of sulfonamides is 1. The fourth-order valence-corrected chi connectivity index (χ4v) is 4.47. The van der Waals surface area contributed by atoms with Crippen LogP contribution in [0.4, 0.5) is 0 Å². The van der Waals surface area contributed by atoms with Crippen molar-refractivity contribution >= 4 is 27.5 Å². The molecule has 31 heavy (non-hydrogen) atoms. The van der Waals surface area contributed by atoms with Crippen molar-refractivity contribution in [3.63, 3.8) is 0 Å². The van der Waals surface area contributed by atoms with Crippen LogP contribution in [0.1, 0.15) is 15.9 Å².